The maximum absolute atomic E-state index is 15.6. The molecule has 9 nitrogen and oxygen atoms in total. The Kier molecular flexibility index (Phi) is 4.44. The molecule has 0 radical (unpaired) electrons. The molecule has 1 aliphatic carbocycles. The highest BCUT2D eigenvalue weighted by Crippen LogP contribution is 2.41. The molecule has 0 spiro atoms. The molecule has 0 aliphatic heterocycles. The van der Waals surface area contributed by atoms with Crippen molar-refractivity contribution < 1.29 is 9.13 Å². The van der Waals surface area contributed by atoms with Crippen LogP contribution in [0.1, 0.15) is 24.0 Å². The molecule has 1 aliphatic rings. The van der Waals surface area contributed by atoms with Gasteiger partial charge in [0.05, 0.1) is 52.7 Å². The number of hydrogen-bond donors (Lipinski definition) is 1. The summed E-state index contributed by atoms with van der Waals surface area (Å²) in [5.41, 5.74) is 9.67. The lowest BCUT2D eigenvalue weighted by Crippen LogP contribution is -2.06. The van der Waals surface area contributed by atoms with Crippen LogP contribution >= 0.6 is 0 Å². The van der Waals surface area contributed by atoms with Gasteiger partial charge in [-0.05, 0) is 30.5 Å². The molecular weight excluding hydrogens is 447 g/mol. The van der Waals surface area contributed by atoms with E-state index in [0.717, 1.165) is 18.4 Å². The maximum Gasteiger partial charge on any atom is 0.151 e. The summed E-state index contributed by atoms with van der Waals surface area (Å²) in [6, 6.07) is 10.8. The molecule has 0 saturated heterocycles. The number of imidazole rings is 1. The predicted molar refractivity (Wildman–Crippen MR) is 126 cm³/mol. The summed E-state index contributed by atoms with van der Waals surface area (Å²) in [5, 5.41) is 23.9. The molecule has 2 aromatic carbocycles. The minimum absolute atomic E-state index is 0.0187. The molecule has 3 heterocycles. The van der Waals surface area contributed by atoms with Crippen molar-refractivity contribution in [3.05, 3.63) is 59.9 Å². The summed E-state index contributed by atoms with van der Waals surface area (Å²) >= 11 is 0. The van der Waals surface area contributed by atoms with Gasteiger partial charge in [0.25, 0.3) is 0 Å². The highest BCUT2D eigenvalue weighted by atomic mass is 19.1. The van der Waals surface area contributed by atoms with Gasteiger partial charge in [0, 0.05) is 18.7 Å². The second-order valence-electron chi connectivity index (χ2n) is 8.41. The number of hydrogen-bond acceptors (Lipinski definition) is 7. The fourth-order valence-electron chi connectivity index (χ4n) is 4.30. The Balaban J connectivity index is 1.60. The molecule has 1 fully saturated rings. The largest absolute Gasteiger partial charge is 0.489 e. The lowest BCUT2D eigenvalue weighted by Gasteiger charge is -2.15. The third-order valence-corrected chi connectivity index (χ3v) is 6.14. The molecule has 0 amide bonds. The first-order valence-electron chi connectivity index (χ1n) is 10.9. The van der Waals surface area contributed by atoms with Gasteiger partial charge in [-0.3, -0.25) is 9.08 Å². The van der Waals surface area contributed by atoms with E-state index in [0.29, 0.717) is 33.7 Å². The number of nitriles is 2. The second kappa shape index (κ2) is 7.54. The summed E-state index contributed by atoms with van der Waals surface area (Å²) in [5.74, 6) is -0.258. The molecule has 0 unspecified atom stereocenters. The number of aromatic nitrogens is 5. The summed E-state index contributed by atoms with van der Waals surface area (Å²) < 4.78 is 24.8. The maximum atomic E-state index is 15.6. The Hall–Kier alpha value is -4.96. The van der Waals surface area contributed by atoms with Crippen molar-refractivity contribution in [2.75, 3.05) is 5.73 Å². The average Bonchev–Trinajstić information content (AvgIpc) is 3.37. The summed E-state index contributed by atoms with van der Waals surface area (Å²) in [4.78, 5) is 8.65. The Morgan fingerprint density at radius 1 is 1.14 bits per heavy atom. The van der Waals surface area contributed by atoms with E-state index in [2.05, 4.69) is 21.1 Å². The van der Waals surface area contributed by atoms with Gasteiger partial charge >= 0.3 is 0 Å². The molecule has 1 saturated carbocycles. The molecular formula is C25H17FN8O. The minimum Gasteiger partial charge on any atom is -0.489 e. The molecule has 170 valence electrons. The summed E-state index contributed by atoms with van der Waals surface area (Å²) in [6.07, 6.45) is 6.58. The van der Waals surface area contributed by atoms with Crippen LogP contribution in [0.5, 0.6) is 5.75 Å². The van der Waals surface area contributed by atoms with E-state index in [-0.39, 0.29) is 28.5 Å². The van der Waals surface area contributed by atoms with Crippen LogP contribution in [-0.2, 0) is 7.05 Å². The number of anilines is 1. The van der Waals surface area contributed by atoms with Crippen LogP contribution in [-0.4, -0.2) is 30.3 Å². The van der Waals surface area contributed by atoms with Gasteiger partial charge in [0.15, 0.2) is 5.82 Å². The zero-order valence-electron chi connectivity index (χ0n) is 18.5. The van der Waals surface area contributed by atoms with Crippen molar-refractivity contribution in [2.45, 2.75) is 18.9 Å². The van der Waals surface area contributed by atoms with E-state index in [9.17, 15) is 10.5 Å². The number of nitrogens with two attached hydrogens (primary N) is 1. The number of ether oxygens (including phenoxy) is 1. The third-order valence-electron chi connectivity index (χ3n) is 6.14. The Morgan fingerprint density at radius 2 is 1.97 bits per heavy atom. The Labute approximate surface area is 198 Å². The van der Waals surface area contributed by atoms with Crippen molar-refractivity contribution in [1.29, 1.82) is 10.5 Å². The molecule has 5 aromatic rings. The Bertz CT molecular complexity index is 1750. The highest BCUT2D eigenvalue weighted by Gasteiger charge is 2.30. The monoisotopic (exact) mass is 464 g/mol. The van der Waals surface area contributed by atoms with Gasteiger partial charge in [0.2, 0.25) is 0 Å². The zero-order valence-corrected chi connectivity index (χ0v) is 18.5. The first-order chi connectivity index (χ1) is 17.0. The predicted octanol–water partition coefficient (Wildman–Crippen LogP) is 3.96. The fraction of sp³-hybridized carbons (Fsp3) is 0.160. The topological polar surface area (TPSA) is 131 Å². The zero-order chi connectivity index (χ0) is 24.3. The van der Waals surface area contributed by atoms with Crippen LogP contribution in [0.15, 0.2) is 43.0 Å². The van der Waals surface area contributed by atoms with Gasteiger partial charge in [-0.15, -0.1) is 0 Å². The number of fused-ring (bicyclic) bond motifs is 3. The van der Waals surface area contributed by atoms with Crippen LogP contribution in [0.4, 0.5) is 10.2 Å². The normalized spacial score (nSPS) is 13.1. The molecule has 10 heteroatoms. The number of halogens is 1. The van der Waals surface area contributed by atoms with E-state index in [4.69, 9.17) is 10.5 Å². The smallest absolute Gasteiger partial charge is 0.151 e. The van der Waals surface area contributed by atoms with Gasteiger partial charge in [-0.25, -0.2) is 14.4 Å². The summed E-state index contributed by atoms with van der Waals surface area (Å²) in [6.45, 7) is 0. The second-order valence-corrected chi connectivity index (χ2v) is 8.41. The number of aryl methyl sites for hydroxylation is 1. The fourth-order valence-corrected chi connectivity index (χ4v) is 4.30. The number of nitrogen functional groups attached to an aromatic ring is 1. The first kappa shape index (κ1) is 20.6. The van der Waals surface area contributed by atoms with E-state index < -0.39 is 5.82 Å². The summed E-state index contributed by atoms with van der Waals surface area (Å²) in [7, 11) is 1.66. The van der Waals surface area contributed by atoms with Crippen LogP contribution in [0.3, 0.4) is 0 Å². The van der Waals surface area contributed by atoms with E-state index in [1.54, 1.807) is 25.8 Å². The minimum atomic E-state index is -0.791. The lowest BCUT2D eigenvalue weighted by atomic mass is 9.95. The van der Waals surface area contributed by atoms with E-state index in [1.807, 2.05) is 28.7 Å². The van der Waals surface area contributed by atoms with Gasteiger partial charge in [-0.1, -0.05) is 6.07 Å². The number of rotatable bonds is 4. The third kappa shape index (κ3) is 3.15. The highest BCUT2D eigenvalue weighted by molar-refractivity contribution is 5.91. The lowest BCUT2D eigenvalue weighted by molar-refractivity contribution is 0.302. The van der Waals surface area contributed by atoms with Crippen LogP contribution in [0, 0.1) is 28.5 Å². The quantitative estimate of drug-likeness (QED) is 0.426. The van der Waals surface area contributed by atoms with Gasteiger partial charge < -0.3 is 10.5 Å². The van der Waals surface area contributed by atoms with Crippen molar-refractivity contribution in [2.24, 2.45) is 7.05 Å². The number of nitrogens with zero attached hydrogens (tertiary/aromatic N) is 7. The molecule has 3 aromatic heterocycles. The molecule has 2 N–H and O–H groups in total. The number of benzene rings is 2. The van der Waals surface area contributed by atoms with Crippen LogP contribution < -0.4 is 10.5 Å². The van der Waals surface area contributed by atoms with E-state index in [1.165, 1.54) is 10.7 Å². The van der Waals surface area contributed by atoms with Crippen molar-refractivity contribution in [3.63, 3.8) is 0 Å². The van der Waals surface area contributed by atoms with Crippen molar-refractivity contribution in [3.8, 4) is 40.3 Å². The average molecular weight is 464 g/mol. The van der Waals surface area contributed by atoms with Gasteiger partial charge in [0.1, 0.15) is 34.8 Å². The van der Waals surface area contributed by atoms with E-state index >= 15 is 4.39 Å². The van der Waals surface area contributed by atoms with Crippen molar-refractivity contribution >= 4 is 22.4 Å². The molecule has 6 rings (SSSR count). The SMILES string of the molecule is Cn1ncc(-c2ccc3c(c2)nc(N)c2cncn23)c1-c1c(F)c(C#N)cc(OC2CC2)c1C#N. The first-order valence-corrected chi connectivity index (χ1v) is 10.9. The molecule has 0 bridgehead atoms. The standard InChI is InChI=1S/C25H17FN8O/c1-33-24(22-16(9-28)21(35-15-3-4-15)7-14(8-27)23(22)26)17(10-31-33)13-2-5-19-18(6-13)32-25(29)20-11-30-12-34(19)20/h2,5-7,10-12,15H,3-4H2,1H3,(H2,29,32). The Morgan fingerprint density at radius 3 is 2.71 bits per heavy atom. The van der Waals surface area contributed by atoms with Crippen LogP contribution in [0.25, 0.3) is 38.9 Å². The van der Waals surface area contributed by atoms with Gasteiger partial charge in [-0.2, -0.15) is 15.6 Å². The molecule has 0 atom stereocenters. The molecule has 35 heavy (non-hydrogen) atoms. The van der Waals surface area contributed by atoms with Crippen molar-refractivity contribution in [1.82, 2.24) is 24.1 Å². The van der Waals surface area contributed by atoms with Crippen LogP contribution in [0.2, 0.25) is 0 Å².